The number of carbonyl (C=O) groups is 1. The molecule has 0 fully saturated rings. The Morgan fingerprint density at radius 3 is 2.68 bits per heavy atom. The van der Waals surface area contributed by atoms with Gasteiger partial charge >= 0.3 is 5.97 Å². The van der Waals surface area contributed by atoms with Crippen molar-refractivity contribution in [3.05, 3.63) is 71.0 Å². The van der Waals surface area contributed by atoms with Crippen molar-refractivity contribution in [3.8, 4) is 11.5 Å². The number of benzene rings is 2. The molecule has 10 heteroatoms. The smallest absolute Gasteiger partial charge is 0.325 e. The zero-order chi connectivity index (χ0) is 22.0. The van der Waals surface area contributed by atoms with Gasteiger partial charge in [-0.25, -0.2) is 13.1 Å². The number of aliphatic carboxylic acids is 1. The van der Waals surface area contributed by atoms with Crippen molar-refractivity contribution in [2.75, 3.05) is 0 Å². The Kier molecular flexibility index (Phi) is 5.99. The van der Waals surface area contributed by atoms with Gasteiger partial charge < -0.3 is 9.84 Å². The van der Waals surface area contributed by atoms with Gasteiger partial charge in [0, 0.05) is 11.3 Å². The molecule has 0 saturated heterocycles. The Hall–Kier alpha value is -2.88. The summed E-state index contributed by atoms with van der Waals surface area (Å²) in [5.41, 5.74) is 1.47. The highest BCUT2D eigenvalue weighted by atomic mass is 35.5. The van der Waals surface area contributed by atoms with Crippen molar-refractivity contribution in [2.45, 2.75) is 36.7 Å². The first-order valence-electron chi connectivity index (χ1n) is 9.64. The Bertz CT molecular complexity index is 1210. The van der Waals surface area contributed by atoms with Gasteiger partial charge in [-0.05, 0) is 55.7 Å². The summed E-state index contributed by atoms with van der Waals surface area (Å²) < 4.78 is 35.7. The molecule has 0 aliphatic heterocycles. The van der Waals surface area contributed by atoms with Gasteiger partial charge in [-0.1, -0.05) is 23.7 Å². The number of hydrogen-bond donors (Lipinski definition) is 2. The SMILES string of the molecule is O=C(O)Cn1ncc2c1CCC[C@H]2NS(=O)(=O)c1ccc(Oc2ccccc2Cl)cc1. The number of nitrogens with one attached hydrogen (secondary N) is 1. The number of ether oxygens (including phenoxy) is 1. The highest BCUT2D eigenvalue weighted by Gasteiger charge is 2.29. The number of halogens is 1. The first-order valence-corrected chi connectivity index (χ1v) is 11.5. The minimum atomic E-state index is -3.80. The minimum Gasteiger partial charge on any atom is -0.480 e. The van der Waals surface area contributed by atoms with E-state index in [4.69, 9.17) is 21.4 Å². The molecule has 0 saturated carbocycles. The Morgan fingerprint density at radius 2 is 1.97 bits per heavy atom. The minimum absolute atomic E-state index is 0.101. The molecule has 0 amide bonds. The predicted molar refractivity (Wildman–Crippen MR) is 114 cm³/mol. The molecular weight excluding hydrogens is 442 g/mol. The van der Waals surface area contributed by atoms with Crippen LogP contribution in [0.3, 0.4) is 0 Å². The molecule has 4 rings (SSSR count). The van der Waals surface area contributed by atoms with Crippen molar-refractivity contribution in [3.63, 3.8) is 0 Å². The van der Waals surface area contributed by atoms with E-state index >= 15 is 0 Å². The van der Waals surface area contributed by atoms with E-state index in [1.165, 1.54) is 16.8 Å². The van der Waals surface area contributed by atoms with Crippen LogP contribution in [-0.4, -0.2) is 29.3 Å². The second-order valence-electron chi connectivity index (χ2n) is 7.17. The molecule has 0 radical (unpaired) electrons. The summed E-state index contributed by atoms with van der Waals surface area (Å²) in [6, 6.07) is 12.6. The van der Waals surface area contributed by atoms with E-state index in [9.17, 15) is 13.2 Å². The molecule has 2 N–H and O–H groups in total. The molecule has 8 nitrogen and oxygen atoms in total. The normalized spacial score (nSPS) is 16.0. The van der Waals surface area contributed by atoms with Gasteiger partial charge in [-0.2, -0.15) is 5.10 Å². The predicted octanol–water partition coefficient (Wildman–Crippen LogP) is 3.77. The number of para-hydroxylation sites is 1. The van der Waals surface area contributed by atoms with Crippen molar-refractivity contribution in [1.29, 1.82) is 0 Å². The van der Waals surface area contributed by atoms with Crippen LogP contribution in [0.15, 0.2) is 59.6 Å². The molecule has 1 aliphatic rings. The maximum atomic E-state index is 12.9. The molecule has 2 aromatic carbocycles. The van der Waals surface area contributed by atoms with E-state index < -0.39 is 22.0 Å². The summed E-state index contributed by atoms with van der Waals surface area (Å²) in [5, 5.41) is 13.6. The van der Waals surface area contributed by atoms with E-state index in [2.05, 4.69) is 9.82 Å². The highest BCUT2D eigenvalue weighted by Crippen LogP contribution is 2.32. The molecule has 0 spiro atoms. The largest absolute Gasteiger partial charge is 0.480 e. The van der Waals surface area contributed by atoms with Gasteiger partial charge in [0.05, 0.1) is 22.2 Å². The molecule has 0 unspecified atom stereocenters. The first kappa shape index (κ1) is 21.4. The number of rotatable bonds is 7. The number of carboxylic acids is 1. The Balaban J connectivity index is 1.50. The van der Waals surface area contributed by atoms with Gasteiger partial charge in [-0.3, -0.25) is 9.48 Å². The summed E-state index contributed by atoms with van der Waals surface area (Å²) in [6.45, 7) is -0.248. The maximum absolute atomic E-state index is 12.9. The fourth-order valence-corrected chi connectivity index (χ4v) is 5.03. The van der Waals surface area contributed by atoms with Crippen molar-refractivity contribution in [1.82, 2.24) is 14.5 Å². The van der Waals surface area contributed by atoms with E-state index in [0.717, 1.165) is 17.7 Å². The average Bonchev–Trinajstić information content (AvgIpc) is 3.13. The highest BCUT2D eigenvalue weighted by molar-refractivity contribution is 7.89. The molecule has 1 aliphatic carbocycles. The third-order valence-electron chi connectivity index (χ3n) is 5.04. The van der Waals surface area contributed by atoms with Crippen LogP contribution in [0.2, 0.25) is 5.02 Å². The molecule has 162 valence electrons. The fourth-order valence-electron chi connectivity index (χ4n) is 3.60. The second-order valence-corrected chi connectivity index (χ2v) is 9.29. The average molecular weight is 462 g/mol. The van der Waals surface area contributed by atoms with Gasteiger partial charge in [0.15, 0.2) is 0 Å². The van der Waals surface area contributed by atoms with Crippen LogP contribution in [0.4, 0.5) is 0 Å². The van der Waals surface area contributed by atoms with Crippen molar-refractivity contribution >= 4 is 27.6 Å². The molecule has 31 heavy (non-hydrogen) atoms. The second kappa shape index (κ2) is 8.70. The lowest BCUT2D eigenvalue weighted by Gasteiger charge is -2.24. The summed E-state index contributed by atoms with van der Waals surface area (Å²) in [7, 11) is -3.80. The zero-order valence-electron chi connectivity index (χ0n) is 16.4. The number of hydrogen-bond acceptors (Lipinski definition) is 5. The molecule has 1 heterocycles. The zero-order valence-corrected chi connectivity index (χ0v) is 17.9. The number of nitrogens with zero attached hydrogens (tertiary/aromatic N) is 2. The lowest BCUT2D eigenvalue weighted by molar-refractivity contribution is -0.137. The quantitative estimate of drug-likeness (QED) is 0.554. The number of fused-ring (bicyclic) bond motifs is 1. The molecule has 1 aromatic heterocycles. The van der Waals surface area contributed by atoms with Crippen LogP contribution in [0.1, 0.15) is 30.1 Å². The number of aromatic nitrogens is 2. The fraction of sp³-hybridized carbons (Fsp3) is 0.238. The van der Waals surface area contributed by atoms with E-state index in [1.54, 1.807) is 42.6 Å². The van der Waals surface area contributed by atoms with Crippen LogP contribution < -0.4 is 9.46 Å². The summed E-state index contributed by atoms with van der Waals surface area (Å²) in [6.07, 6.45) is 3.55. The van der Waals surface area contributed by atoms with Gasteiger partial charge in [0.25, 0.3) is 0 Å². The maximum Gasteiger partial charge on any atom is 0.325 e. The lowest BCUT2D eigenvalue weighted by Crippen LogP contribution is -2.31. The van der Waals surface area contributed by atoms with Gasteiger partial charge in [0.2, 0.25) is 10.0 Å². The van der Waals surface area contributed by atoms with Crippen LogP contribution in [0.5, 0.6) is 11.5 Å². The van der Waals surface area contributed by atoms with E-state index in [1.807, 2.05) is 0 Å². The summed E-state index contributed by atoms with van der Waals surface area (Å²) in [5.74, 6) is -0.0549. The van der Waals surface area contributed by atoms with Crippen LogP contribution in [0.25, 0.3) is 0 Å². The Morgan fingerprint density at radius 1 is 1.23 bits per heavy atom. The van der Waals surface area contributed by atoms with E-state index in [-0.39, 0.29) is 11.4 Å². The monoisotopic (exact) mass is 461 g/mol. The molecule has 0 bridgehead atoms. The first-order chi connectivity index (χ1) is 14.8. The third kappa shape index (κ3) is 4.73. The lowest BCUT2D eigenvalue weighted by atomic mass is 9.94. The van der Waals surface area contributed by atoms with Crippen LogP contribution >= 0.6 is 11.6 Å². The standard InChI is InChI=1S/C21H20ClN3O5S/c22-17-4-1-2-7-20(17)30-14-8-10-15(11-9-14)31(28,29)24-18-5-3-6-19-16(18)12-23-25(19)13-21(26)27/h1-2,4,7-12,18,24H,3,5-6,13H2,(H,26,27)/t18-/m1/s1. The van der Waals surface area contributed by atoms with Crippen molar-refractivity contribution in [2.24, 2.45) is 0 Å². The molecule has 3 aromatic rings. The van der Waals surface area contributed by atoms with Gasteiger partial charge in [-0.15, -0.1) is 0 Å². The Labute approximate surface area is 184 Å². The summed E-state index contributed by atoms with van der Waals surface area (Å²) >= 11 is 6.09. The van der Waals surface area contributed by atoms with Crippen LogP contribution in [0, 0.1) is 0 Å². The third-order valence-corrected chi connectivity index (χ3v) is 6.84. The van der Waals surface area contributed by atoms with Crippen molar-refractivity contribution < 1.29 is 23.1 Å². The number of carboxylic acid groups (broad SMARTS) is 1. The molecule has 1 atom stereocenters. The number of sulfonamides is 1. The van der Waals surface area contributed by atoms with E-state index in [0.29, 0.717) is 29.4 Å². The topological polar surface area (TPSA) is 111 Å². The molecular formula is C21H20ClN3O5S. The summed E-state index contributed by atoms with van der Waals surface area (Å²) in [4.78, 5) is 11.1. The van der Waals surface area contributed by atoms with Gasteiger partial charge in [0.1, 0.15) is 18.0 Å². The van der Waals surface area contributed by atoms with Crippen LogP contribution in [-0.2, 0) is 27.8 Å².